The molecule has 2 heterocycles. The van der Waals surface area contributed by atoms with Crippen LogP contribution in [-0.4, -0.2) is 30.3 Å². The number of hydrogen-bond acceptors (Lipinski definition) is 6. The van der Waals surface area contributed by atoms with E-state index < -0.39 is 0 Å². The van der Waals surface area contributed by atoms with E-state index in [2.05, 4.69) is 20.5 Å². The highest BCUT2D eigenvalue weighted by atomic mass is 32.2. The van der Waals surface area contributed by atoms with Gasteiger partial charge in [-0.3, -0.25) is 0 Å². The molecule has 0 atom stereocenters. The number of aliphatic hydroxyl groups is 1. The second kappa shape index (κ2) is 5.81. The molecule has 0 saturated heterocycles. The molecule has 3 rings (SSSR count). The van der Waals surface area contributed by atoms with Crippen LogP contribution in [0.2, 0.25) is 0 Å². The molecule has 1 aromatic carbocycles. The number of tetrazole rings is 1. The van der Waals surface area contributed by atoms with E-state index in [1.54, 1.807) is 10.9 Å². The molecule has 0 aliphatic carbocycles. The summed E-state index contributed by atoms with van der Waals surface area (Å²) < 4.78 is 1.66. The zero-order valence-corrected chi connectivity index (χ0v) is 11.2. The van der Waals surface area contributed by atoms with Gasteiger partial charge in [-0.25, -0.2) is 4.98 Å². The van der Waals surface area contributed by atoms with E-state index in [0.717, 1.165) is 16.3 Å². The van der Waals surface area contributed by atoms with E-state index in [9.17, 15) is 0 Å². The lowest BCUT2D eigenvalue weighted by Gasteiger charge is -2.03. The molecule has 100 valence electrons. The Balaban J connectivity index is 1.86. The SMILES string of the molecule is OCc1ccc(Sc2nnnn2-c2ccccc2)nc1. The van der Waals surface area contributed by atoms with E-state index in [0.29, 0.717) is 5.16 Å². The van der Waals surface area contributed by atoms with Crippen LogP contribution in [0.3, 0.4) is 0 Å². The van der Waals surface area contributed by atoms with Crippen LogP contribution in [-0.2, 0) is 6.61 Å². The number of pyridine rings is 1. The maximum atomic E-state index is 8.99. The van der Waals surface area contributed by atoms with Gasteiger partial charge in [-0.15, -0.1) is 5.10 Å². The lowest BCUT2D eigenvalue weighted by Crippen LogP contribution is -1.98. The summed E-state index contributed by atoms with van der Waals surface area (Å²) in [6.45, 7) is -0.0142. The van der Waals surface area contributed by atoms with Crippen LogP contribution in [0, 0.1) is 0 Å². The summed E-state index contributed by atoms with van der Waals surface area (Å²) in [4.78, 5) is 4.25. The summed E-state index contributed by atoms with van der Waals surface area (Å²) in [6, 6.07) is 13.3. The molecule has 0 aliphatic heterocycles. The third kappa shape index (κ3) is 2.68. The Bertz CT molecular complexity index is 683. The average molecular weight is 285 g/mol. The second-order valence-corrected chi connectivity index (χ2v) is 4.96. The molecule has 0 aliphatic rings. The van der Waals surface area contributed by atoms with Gasteiger partial charge in [0.25, 0.3) is 0 Å². The molecule has 3 aromatic rings. The first-order valence-corrected chi connectivity index (χ1v) is 6.76. The minimum absolute atomic E-state index is 0.0142. The molecule has 0 fully saturated rings. The fourth-order valence-corrected chi connectivity index (χ4v) is 2.37. The molecule has 0 amide bonds. The standard InChI is InChI=1S/C13H11N5OS/c19-9-10-6-7-12(14-8-10)20-13-15-16-17-18(13)11-4-2-1-3-5-11/h1-8,19H,9H2. The van der Waals surface area contributed by atoms with Crippen molar-refractivity contribution in [2.75, 3.05) is 0 Å². The van der Waals surface area contributed by atoms with Crippen LogP contribution in [0.15, 0.2) is 58.8 Å². The van der Waals surface area contributed by atoms with E-state index >= 15 is 0 Å². The van der Waals surface area contributed by atoms with Crippen molar-refractivity contribution in [2.45, 2.75) is 16.8 Å². The highest BCUT2D eigenvalue weighted by molar-refractivity contribution is 7.99. The predicted octanol–water partition coefficient (Wildman–Crippen LogP) is 1.70. The van der Waals surface area contributed by atoms with Crippen molar-refractivity contribution >= 4 is 11.8 Å². The summed E-state index contributed by atoms with van der Waals surface area (Å²) in [5, 5.41) is 22.1. The average Bonchev–Trinajstić information content (AvgIpc) is 2.97. The maximum Gasteiger partial charge on any atom is 0.220 e. The summed E-state index contributed by atoms with van der Waals surface area (Å²) in [5.41, 5.74) is 1.67. The molecule has 0 bridgehead atoms. The van der Waals surface area contributed by atoms with Crippen LogP contribution >= 0.6 is 11.8 Å². The van der Waals surface area contributed by atoms with Gasteiger partial charge in [-0.2, -0.15) is 4.68 Å². The van der Waals surface area contributed by atoms with Gasteiger partial charge >= 0.3 is 0 Å². The van der Waals surface area contributed by atoms with E-state index in [-0.39, 0.29) is 6.61 Å². The molecular weight excluding hydrogens is 274 g/mol. The summed E-state index contributed by atoms with van der Waals surface area (Å²) in [6.07, 6.45) is 1.64. The number of aliphatic hydroxyl groups excluding tert-OH is 1. The van der Waals surface area contributed by atoms with Crippen molar-refractivity contribution in [3.8, 4) is 5.69 Å². The van der Waals surface area contributed by atoms with E-state index in [1.807, 2.05) is 42.5 Å². The van der Waals surface area contributed by atoms with Gasteiger partial charge in [0.1, 0.15) is 5.03 Å². The number of nitrogens with zero attached hydrogens (tertiary/aromatic N) is 5. The van der Waals surface area contributed by atoms with E-state index in [1.165, 1.54) is 11.8 Å². The predicted molar refractivity (Wildman–Crippen MR) is 73.4 cm³/mol. The summed E-state index contributed by atoms with van der Waals surface area (Å²) >= 11 is 1.37. The monoisotopic (exact) mass is 285 g/mol. The Kier molecular flexibility index (Phi) is 3.71. The first-order chi connectivity index (χ1) is 9.86. The van der Waals surface area contributed by atoms with Crippen LogP contribution in [0.5, 0.6) is 0 Å². The van der Waals surface area contributed by atoms with Gasteiger partial charge in [0, 0.05) is 6.20 Å². The van der Waals surface area contributed by atoms with E-state index in [4.69, 9.17) is 5.11 Å². The van der Waals surface area contributed by atoms with Gasteiger partial charge in [0.2, 0.25) is 5.16 Å². The maximum absolute atomic E-state index is 8.99. The summed E-state index contributed by atoms with van der Waals surface area (Å²) in [5.74, 6) is 0. The molecule has 6 nitrogen and oxygen atoms in total. The van der Waals surface area contributed by atoms with Crippen LogP contribution in [0.4, 0.5) is 0 Å². The van der Waals surface area contributed by atoms with Gasteiger partial charge in [0.05, 0.1) is 12.3 Å². The van der Waals surface area contributed by atoms with Crippen LogP contribution in [0.25, 0.3) is 5.69 Å². The Labute approximate surface area is 119 Å². The Morgan fingerprint density at radius 1 is 1.10 bits per heavy atom. The van der Waals surface area contributed by atoms with Gasteiger partial charge in [-0.1, -0.05) is 24.3 Å². The van der Waals surface area contributed by atoms with Crippen molar-refractivity contribution in [3.63, 3.8) is 0 Å². The highest BCUT2D eigenvalue weighted by Gasteiger charge is 2.10. The van der Waals surface area contributed by atoms with Crippen LogP contribution in [0.1, 0.15) is 5.56 Å². The Hall–Kier alpha value is -2.25. The first-order valence-electron chi connectivity index (χ1n) is 5.94. The number of benzene rings is 1. The third-order valence-corrected chi connectivity index (χ3v) is 3.51. The fraction of sp³-hybridized carbons (Fsp3) is 0.0769. The first kappa shape index (κ1) is 12.8. The molecule has 0 saturated carbocycles. The molecular formula is C13H11N5OS. The smallest absolute Gasteiger partial charge is 0.220 e. The van der Waals surface area contributed by atoms with Crippen molar-refractivity contribution in [2.24, 2.45) is 0 Å². The number of aromatic nitrogens is 5. The minimum Gasteiger partial charge on any atom is -0.392 e. The van der Waals surface area contributed by atoms with Crippen molar-refractivity contribution in [1.82, 2.24) is 25.2 Å². The van der Waals surface area contributed by atoms with Crippen molar-refractivity contribution in [1.29, 1.82) is 0 Å². The van der Waals surface area contributed by atoms with Crippen LogP contribution < -0.4 is 0 Å². The molecule has 0 radical (unpaired) electrons. The quantitative estimate of drug-likeness (QED) is 0.786. The zero-order valence-electron chi connectivity index (χ0n) is 10.4. The zero-order chi connectivity index (χ0) is 13.8. The fourth-order valence-electron chi connectivity index (χ4n) is 1.63. The molecule has 0 unspecified atom stereocenters. The Morgan fingerprint density at radius 3 is 2.65 bits per heavy atom. The summed E-state index contributed by atoms with van der Waals surface area (Å²) in [7, 11) is 0. The van der Waals surface area contributed by atoms with Gasteiger partial charge < -0.3 is 5.11 Å². The minimum atomic E-state index is -0.0142. The topological polar surface area (TPSA) is 76.7 Å². The second-order valence-electron chi connectivity index (χ2n) is 3.97. The molecule has 20 heavy (non-hydrogen) atoms. The van der Waals surface area contributed by atoms with Crippen molar-refractivity contribution < 1.29 is 5.11 Å². The molecule has 1 N–H and O–H groups in total. The largest absolute Gasteiger partial charge is 0.392 e. The number of para-hydroxylation sites is 1. The van der Waals surface area contributed by atoms with Gasteiger partial charge in [0.15, 0.2) is 0 Å². The van der Waals surface area contributed by atoms with Gasteiger partial charge in [-0.05, 0) is 46.0 Å². The number of rotatable bonds is 4. The normalized spacial score (nSPS) is 10.7. The third-order valence-electron chi connectivity index (χ3n) is 2.62. The Morgan fingerprint density at radius 2 is 1.95 bits per heavy atom. The lowest BCUT2D eigenvalue weighted by molar-refractivity contribution is 0.281. The molecule has 2 aromatic heterocycles. The highest BCUT2D eigenvalue weighted by Crippen LogP contribution is 2.25. The lowest BCUT2D eigenvalue weighted by atomic mass is 10.3. The molecule has 7 heteroatoms. The molecule has 0 spiro atoms. The van der Waals surface area contributed by atoms with Crippen molar-refractivity contribution in [3.05, 3.63) is 54.2 Å². The number of hydrogen-bond donors (Lipinski definition) is 1.